The van der Waals surface area contributed by atoms with Crippen LogP contribution in [0.4, 0.5) is 10.1 Å². The monoisotopic (exact) mass is 247 g/mol. The van der Waals surface area contributed by atoms with Crippen molar-refractivity contribution in [2.45, 2.75) is 0 Å². The molecule has 0 saturated carbocycles. The summed E-state index contributed by atoms with van der Waals surface area (Å²) in [7, 11) is 1.44. The number of carbonyl (C=O) groups is 1. The van der Waals surface area contributed by atoms with Crippen molar-refractivity contribution < 1.29 is 13.9 Å². The number of methoxy groups -OCH3 is 1. The standard InChI is InChI=1S/C12H10FN3O2/c1-18-11-3-2-8(13)6-9(11)16-12(17)10-7-14-4-5-15-10/h2-7H,1H3,(H,16,17). The summed E-state index contributed by atoms with van der Waals surface area (Å²) in [6, 6.07) is 3.85. The molecule has 0 atom stereocenters. The van der Waals surface area contributed by atoms with Crippen LogP contribution >= 0.6 is 0 Å². The highest BCUT2D eigenvalue weighted by Gasteiger charge is 2.11. The molecule has 6 heteroatoms. The molecule has 2 aromatic rings. The molecule has 0 aliphatic carbocycles. The molecular weight excluding hydrogens is 237 g/mol. The number of anilines is 1. The van der Waals surface area contributed by atoms with Crippen molar-refractivity contribution in [2.75, 3.05) is 12.4 Å². The van der Waals surface area contributed by atoms with Gasteiger partial charge in [-0.15, -0.1) is 0 Å². The topological polar surface area (TPSA) is 64.1 Å². The van der Waals surface area contributed by atoms with Crippen LogP contribution in [0.5, 0.6) is 5.75 Å². The Morgan fingerprint density at radius 2 is 2.22 bits per heavy atom. The van der Waals surface area contributed by atoms with Gasteiger partial charge in [0.05, 0.1) is 19.0 Å². The fourth-order valence-electron chi connectivity index (χ4n) is 1.38. The van der Waals surface area contributed by atoms with Gasteiger partial charge in [-0.1, -0.05) is 0 Å². The average Bonchev–Trinajstić information content (AvgIpc) is 2.40. The summed E-state index contributed by atoms with van der Waals surface area (Å²) in [6.07, 6.45) is 4.18. The average molecular weight is 247 g/mol. The van der Waals surface area contributed by atoms with Crippen LogP contribution in [-0.2, 0) is 0 Å². The summed E-state index contributed by atoms with van der Waals surface area (Å²) in [5.74, 6) is -0.578. The number of benzene rings is 1. The molecule has 92 valence electrons. The Morgan fingerprint density at radius 1 is 1.39 bits per heavy atom. The van der Waals surface area contributed by atoms with Crippen molar-refractivity contribution in [2.24, 2.45) is 0 Å². The Hall–Kier alpha value is -2.50. The van der Waals surface area contributed by atoms with Crippen LogP contribution in [0.25, 0.3) is 0 Å². The van der Waals surface area contributed by atoms with Gasteiger partial charge in [-0.2, -0.15) is 0 Å². The maximum absolute atomic E-state index is 13.1. The number of carbonyl (C=O) groups excluding carboxylic acids is 1. The van der Waals surface area contributed by atoms with E-state index in [1.54, 1.807) is 0 Å². The van der Waals surface area contributed by atoms with Gasteiger partial charge in [0.1, 0.15) is 17.3 Å². The van der Waals surface area contributed by atoms with Gasteiger partial charge in [0.2, 0.25) is 0 Å². The smallest absolute Gasteiger partial charge is 0.275 e. The van der Waals surface area contributed by atoms with E-state index in [9.17, 15) is 9.18 Å². The predicted molar refractivity (Wildman–Crippen MR) is 62.9 cm³/mol. The first-order valence-corrected chi connectivity index (χ1v) is 5.11. The second-order valence-electron chi connectivity index (χ2n) is 3.39. The Morgan fingerprint density at radius 3 is 2.89 bits per heavy atom. The van der Waals surface area contributed by atoms with Crippen molar-refractivity contribution in [1.82, 2.24) is 9.97 Å². The molecule has 5 nitrogen and oxygen atoms in total. The second kappa shape index (κ2) is 5.22. The molecule has 1 amide bonds. The van der Waals surface area contributed by atoms with Crippen LogP contribution in [0, 0.1) is 5.82 Å². The summed E-state index contributed by atoms with van der Waals surface area (Å²) < 4.78 is 18.1. The minimum atomic E-state index is -0.480. The molecule has 1 heterocycles. The number of halogens is 1. The summed E-state index contributed by atoms with van der Waals surface area (Å²) in [6.45, 7) is 0. The maximum Gasteiger partial charge on any atom is 0.275 e. The zero-order valence-electron chi connectivity index (χ0n) is 9.55. The highest BCUT2D eigenvalue weighted by molar-refractivity contribution is 6.03. The van der Waals surface area contributed by atoms with E-state index in [-0.39, 0.29) is 11.4 Å². The summed E-state index contributed by atoms with van der Waals surface area (Å²) >= 11 is 0. The van der Waals surface area contributed by atoms with Crippen LogP contribution in [0.15, 0.2) is 36.8 Å². The number of ether oxygens (including phenoxy) is 1. The van der Waals surface area contributed by atoms with Crippen LogP contribution in [0.1, 0.15) is 10.5 Å². The maximum atomic E-state index is 13.1. The molecular formula is C12H10FN3O2. The zero-order valence-corrected chi connectivity index (χ0v) is 9.55. The molecule has 18 heavy (non-hydrogen) atoms. The number of hydrogen-bond acceptors (Lipinski definition) is 4. The lowest BCUT2D eigenvalue weighted by Gasteiger charge is -2.09. The predicted octanol–water partition coefficient (Wildman–Crippen LogP) is 1.88. The van der Waals surface area contributed by atoms with Gasteiger partial charge >= 0.3 is 0 Å². The molecule has 0 saturated heterocycles. The third-order valence-corrected chi connectivity index (χ3v) is 2.21. The molecule has 0 aliphatic heterocycles. The first-order chi connectivity index (χ1) is 8.70. The van der Waals surface area contributed by atoms with Gasteiger partial charge in [0.25, 0.3) is 5.91 Å². The first kappa shape index (κ1) is 12.0. The van der Waals surface area contributed by atoms with E-state index in [0.29, 0.717) is 5.75 Å². The molecule has 1 aromatic carbocycles. The second-order valence-corrected chi connectivity index (χ2v) is 3.39. The van der Waals surface area contributed by atoms with E-state index in [2.05, 4.69) is 15.3 Å². The lowest BCUT2D eigenvalue weighted by Crippen LogP contribution is -2.14. The summed E-state index contributed by atoms with van der Waals surface area (Å²) in [5.41, 5.74) is 0.386. The first-order valence-electron chi connectivity index (χ1n) is 5.11. The van der Waals surface area contributed by atoms with Crippen LogP contribution in [-0.4, -0.2) is 23.0 Å². The zero-order chi connectivity index (χ0) is 13.0. The Kier molecular flexibility index (Phi) is 3.47. The molecule has 0 radical (unpaired) electrons. The van der Waals surface area contributed by atoms with Gasteiger partial charge in [-0.05, 0) is 12.1 Å². The van der Waals surface area contributed by atoms with E-state index >= 15 is 0 Å². The van der Waals surface area contributed by atoms with Crippen molar-refractivity contribution in [3.05, 3.63) is 48.3 Å². The van der Waals surface area contributed by atoms with Crippen molar-refractivity contribution in [3.8, 4) is 5.75 Å². The molecule has 1 aromatic heterocycles. The quantitative estimate of drug-likeness (QED) is 0.899. The van der Waals surface area contributed by atoms with Crippen LogP contribution < -0.4 is 10.1 Å². The normalized spacial score (nSPS) is 9.89. The fraction of sp³-hybridized carbons (Fsp3) is 0.0833. The molecule has 0 unspecified atom stereocenters. The number of hydrogen-bond donors (Lipinski definition) is 1. The van der Waals surface area contributed by atoms with Gasteiger partial charge in [-0.25, -0.2) is 9.37 Å². The number of nitrogens with zero attached hydrogens (tertiary/aromatic N) is 2. The Bertz CT molecular complexity index is 561. The van der Waals surface area contributed by atoms with E-state index in [1.165, 1.54) is 43.9 Å². The molecule has 0 fully saturated rings. The fourth-order valence-corrected chi connectivity index (χ4v) is 1.38. The minimum absolute atomic E-state index is 0.142. The Balaban J connectivity index is 2.24. The Labute approximate surface area is 103 Å². The van der Waals surface area contributed by atoms with E-state index in [1.807, 2.05) is 0 Å². The number of amides is 1. The number of aromatic nitrogens is 2. The summed E-state index contributed by atoms with van der Waals surface area (Å²) in [5, 5.41) is 2.51. The van der Waals surface area contributed by atoms with Crippen LogP contribution in [0.2, 0.25) is 0 Å². The van der Waals surface area contributed by atoms with Gasteiger partial charge < -0.3 is 10.1 Å². The number of rotatable bonds is 3. The van der Waals surface area contributed by atoms with Gasteiger partial charge in [0, 0.05) is 18.5 Å². The molecule has 0 spiro atoms. The molecule has 0 aliphatic rings. The van der Waals surface area contributed by atoms with Crippen molar-refractivity contribution >= 4 is 11.6 Å². The summed E-state index contributed by atoms with van der Waals surface area (Å²) in [4.78, 5) is 19.4. The lowest BCUT2D eigenvalue weighted by molar-refractivity contribution is 0.102. The van der Waals surface area contributed by atoms with Gasteiger partial charge in [0.15, 0.2) is 0 Å². The van der Waals surface area contributed by atoms with E-state index in [4.69, 9.17) is 4.74 Å². The molecule has 2 rings (SSSR count). The van der Waals surface area contributed by atoms with Gasteiger partial charge in [-0.3, -0.25) is 9.78 Å². The largest absolute Gasteiger partial charge is 0.495 e. The lowest BCUT2D eigenvalue weighted by atomic mass is 10.2. The van der Waals surface area contributed by atoms with Crippen molar-refractivity contribution in [1.29, 1.82) is 0 Å². The molecule has 0 bridgehead atoms. The highest BCUT2D eigenvalue weighted by Crippen LogP contribution is 2.25. The minimum Gasteiger partial charge on any atom is -0.495 e. The van der Waals surface area contributed by atoms with E-state index < -0.39 is 11.7 Å². The third-order valence-electron chi connectivity index (χ3n) is 2.21. The molecule has 1 N–H and O–H groups in total. The third kappa shape index (κ3) is 2.60. The van der Waals surface area contributed by atoms with Crippen molar-refractivity contribution in [3.63, 3.8) is 0 Å². The highest BCUT2D eigenvalue weighted by atomic mass is 19.1. The van der Waals surface area contributed by atoms with E-state index in [0.717, 1.165) is 0 Å². The number of nitrogens with one attached hydrogen (secondary N) is 1. The SMILES string of the molecule is COc1ccc(F)cc1NC(=O)c1cnccn1. The van der Waals surface area contributed by atoms with Crippen LogP contribution in [0.3, 0.4) is 0 Å².